The molecule has 0 fully saturated rings. The van der Waals surface area contributed by atoms with E-state index in [1.807, 2.05) is 0 Å². The lowest BCUT2D eigenvalue weighted by Crippen LogP contribution is -1.90. The molecule has 0 radical (unpaired) electrons. The smallest absolute Gasteiger partial charge is 0.139 e. The van der Waals surface area contributed by atoms with Gasteiger partial charge in [0, 0.05) is 11.1 Å². The van der Waals surface area contributed by atoms with Gasteiger partial charge in [0.25, 0.3) is 0 Å². The van der Waals surface area contributed by atoms with E-state index in [2.05, 4.69) is 0 Å². The first-order valence-corrected chi connectivity index (χ1v) is 4.56. The molecule has 15 heavy (non-hydrogen) atoms. The van der Waals surface area contributed by atoms with E-state index < -0.39 is 0 Å². The maximum absolute atomic E-state index is 9.64. The number of hydrogen-bond acceptors (Lipinski definition) is 3. The summed E-state index contributed by atoms with van der Waals surface area (Å²) in [5.74, 6) is 0.172. The lowest BCUT2D eigenvalue weighted by molar-refractivity contribution is 0.476. The zero-order valence-electron chi connectivity index (χ0n) is 8.01. The molecule has 0 aliphatic rings. The minimum atomic E-state index is 0.0238. The van der Waals surface area contributed by atoms with Gasteiger partial charge in [0.15, 0.2) is 0 Å². The third kappa shape index (κ3) is 1.59. The van der Waals surface area contributed by atoms with Gasteiger partial charge in [0.2, 0.25) is 0 Å². The predicted molar refractivity (Wildman–Crippen MR) is 59.6 cm³/mol. The van der Waals surface area contributed by atoms with E-state index in [0.29, 0.717) is 11.1 Å². The van der Waals surface area contributed by atoms with Crippen molar-refractivity contribution in [1.29, 1.82) is 0 Å². The molecule has 0 aliphatic carbocycles. The van der Waals surface area contributed by atoms with Gasteiger partial charge in [0.1, 0.15) is 11.5 Å². The normalized spacial score (nSPS) is 10.1. The lowest BCUT2D eigenvalue weighted by atomic mass is 10.0. The first-order chi connectivity index (χ1) is 7.20. The molecule has 4 N–H and O–H groups in total. The molecular weight excluding hydrogens is 190 g/mol. The van der Waals surface area contributed by atoms with Crippen molar-refractivity contribution in [2.75, 3.05) is 5.73 Å². The maximum Gasteiger partial charge on any atom is 0.139 e. The fourth-order valence-corrected chi connectivity index (χ4v) is 1.49. The van der Waals surface area contributed by atoms with Crippen molar-refractivity contribution < 1.29 is 10.2 Å². The van der Waals surface area contributed by atoms with Crippen LogP contribution in [-0.2, 0) is 0 Å². The van der Waals surface area contributed by atoms with Gasteiger partial charge < -0.3 is 15.9 Å². The van der Waals surface area contributed by atoms with Gasteiger partial charge in [-0.1, -0.05) is 30.3 Å². The van der Waals surface area contributed by atoms with Crippen molar-refractivity contribution in [3.8, 4) is 22.6 Å². The van der Waals surface area contributed by atoms with E-state index in [1.54, 1.807) is 36.4 Å². The van der Waals surface area contributed by atoms with Crippen LogP contribution in [0.1, 0.15) is 0 Å². The molecule has 2 rings (SSSR count). The topological polar surface area (TPSA) is 66.5 Å². The van der Waals surface area contributed by atoms with Crippen LogP contribution in [0.2, 0.25) is 0 Å². The van der Waals surface area contributed by atoms with Crippen LogP contribution in [0.3, 0.4) is 0 Å². The Morgan fingerprint density at radius 1 is 0.733 bits per heavy atom. The monoisotopic (exact) mass is 201 g/mol. The molecule has 0 saturated carbocycles. The molecule has 0 aliphatic heterocycles. The van der Waals surface area contributed by atoms with Gasteiger partial charge in [-0.05, 0) is 12.1 Å². The second-order valence-electron chi connectivity index (χ2n) is 3.26. The highest BCUT2D eigenvalue weighted by atomic mass is 16.3. The van der Waals surface area contributed by atoms with Gasteiger partial charge in [-0.15, -0.1) is 0 Å². The average Bonchev–Trinajstić information content (AvgIpc) is 2.23. The van der Waals surface area contributed by atoms with Crippen molar-refractivity contribution >= 4 is 5.69 Å². The fourth-order valence-electron chi connectivity index (χ4n) is 1.49. The first-order valence-electron chi connectivity index (χ1n) is 4.56. The first kappa shape index (κ1) is 9.40. The summed E-state index contributed by atoms with van der Waals surface area (Å²) in [6.07, 6.45) is 0. The molecule has 3 heteroatoms. The number of hydrogen-bond donors (Lipinski definition) is 3. The Morgan fingerprint density at radius 2 is 1.33 bits per heavy atom. The Hall–Kier alpha value is -2.16. The highest BCUT2D eigenvalue weighted by molar-refractivity contribution is 5.83. The number of benzene rings is 2. The Balaban J connectivity index is 2.65. The van der Waals surface area contributed by atoms with Crippen LogP contribution >= 0.6 is 0 Å². The van der Waals surface area contributed by atoms with Gasteiger partial charge in [-0.2, -0.15) is 0 Å². The third-order valence-electron chi connectivity index (χ3n) is 2.28. The molecule has 0 heterocycles. The summed E-state index contributed by atoms with van der Waals surface area (Å²) >= 11 is 0. The maximum atomic E-state index is 9.64. The van der Waals surface area contributed by atoms with Crippen molar-refractivity contribution in [3.05, 3.63) is 42.5 Å². The van der Waals surface area contributed by atoms with Crippen LogP contribution in [-0.4, -0.2) is 10.2 Å². The van der Waals surface area contributed by atoms with Crippen molar-refractivity contribution in [2.45, 2.75) is 0 Å². The van der Waals surface area contributed by atoms with Crippen LogP contribution < -0.4 is 5.73 Å². The molecule has 0 amide bonds. The number of anilines is 1. The minimum absolute atomic E-state index is 0.0238. The summed E-state index contributed by atoms with van der Waals surface area (Å²) < 4.78 is 0. The highest BCUT2D eigenvalue weighted by Gasteiger charge is 2.08. The van der Waals surface area contributed by atoms with Gasteiger partial charge in [-0.3, -0.25) is 0 Å². The van der Waals surface area contributed by atoms with Crippen LogP contribution in [0.5, 0.6) is 11.5 Å². The second-order valence-corrected chi connectivity index (χ2v) is 3.26. The Kier molecular flexibility index (Phi) is 2.21. The molecule has 0 aromatic heterocycles. The van der Waals surface area contributed by atoms with E-state index in [9.17, 15) is 10.2 Å². The molecular formula is C12H11NO2. The Labute approximate surface area is 87.4 Å². The van der Waals surface area contributed by atoms with Crippen molar-refractivity contribution in [2.24, 2.45) is 0 Å². The summed E-state index contributed by atoms with van der Waals surface area (Å²) in [5, 5.41) is 19.1. The Bertz CT molecular complexity index is 495. The largest absolute Gasteiger partial charge is 0.507 e. The molecule has 0 atom stereocenters. The molecule has 0 unspecified atom stereocenters. The Morgan fingerprint density at radius 3 is 2.07 bits per heavy atom. The highest BCUT2D eigenvalue weighted by Crippen LogP contribution is 2.36. The van der Waals surface area contributed by atoms with Gasteiger partial charge in [0.05, 0.1) is 5.69 Å². The summed E-state index contributed by atoms with van der Waals surface area (Å²) in [6, 6.07) is 11.8. The molecule has 2 aromatic carbocycles. The summed E-state index contributed by atoms with van der Waals surface area (Å²) in [4.78, 5) is 0. The summed E-state index contributed by atoms with van der Waals surface area (Å²) in [5.41, 5.74) is 7.25. The molecule has 0 saturated heterocycles. The molecule has 0 spiro atoms. The zero-order valence-corrected chi connectivity index (χ0v) is 8.01. The predicted octanol–water partition coefficient (Wildman–Crippen LogP) is 2.35. The zero-order chi connectivity index (χ0) is 10.8. The molecule has 76 valence electrons. The quantitative estimate of drug-likeness (QED) is 0.490. The second kappa shape index (κ2) is 3.53. The van der Waals surface area contributed by atoms with E-state index >= 15 is 0 Å². The number of aromatic hydroxyl groups is 2. The average molecular weight is 201 g/mol. The standard InChI is InChI=1S/C12H11NO2/c13-12-9(5-3-7-11(12)15)8-4-1-2-6-10(8)14/h1-7,14-15H,13H2. The van der Waals surface area contributed by atoms with E-state index in [-0.39, 0.29) is 17.2 Å². The van der Waals surface area contributed by atoms with Crippen LogP contribution in [0, 0.1) is 0 Å². The van der Waals surface area contributed by atoms with Gasteiger partial charge >= 0.3 is 0 Å². The molecule has 2 aromatic rings. The van der Waals surface area contributed by atoms with Crippen LogP contribution in [0.15, 0.2) is 42.5 Å². The molecule has 3 nitrogen and oxygen atoms in total. The van der Waals surface area contributed by atoms with Crippen LogP contribution in [0.4, 0.5) is 5.69 Å². The number of nitrogen functional groups attached to an aromatic ring is 1. The SMILES string of the molecule is Nc1c(O)cccc1-c1ccccc1O. The summed E-state index contributed by atoms with van der Waals surface area (Å²) in [7, 11) is 0. The van der Waals surface area contributed by atoms with Crippen LogP contribution in [0.25, 0.3) is 11.1 Å². The van der Waals surface area contributed by atoms with E-state index in [0.717, 1.165) is 0 Å². The van der Waals surface area contributed by atoms with Gasteiger partial charge in [-0.25, -0.2) is 0 Å². The lowest BCUT2D eigenvalue weighted by Gasteiger charge is -2.08. The fraction of sp³-hybridized carbons (Fsp3) is 0. The number of phenolic OH excluding ortho intramolecular Hbond substituents is 2. The van der Waals surface area contributed by atoms with Crippen molar-refractivity contribution in [3.63, 3.8) is 0 Å². The number of nitrogens with two attached hydrogens (primary N) is 1. The summed E-state index contributed by atoms with van der Waals surface area (Å²) in [6.45, 7) is 0. The third-order valence-corrected chi connectivity index (χ3v) is 2.28. The number of para-hydroxylation sites is 2. The van der Waals surface area contributed by atoms with E-state index in [4.69, 9.17) is 5.73 Å². The number of phenols is 2. The van der Waals surface area contributed by atoms with Crippen molar-refractivity contribution in [1.82, 2.24) is 0 Å². The molecule has 0 bridgehead atoms. The number of rotatable bonds is 1. The van der Waals surface area contributed by atoms with E-state index in [1.165, 1.54) is 6.07 Å². The minimum Gasteiger partial charge on any atom is -0.507 e.